The zero-order chi connectivity index (χ0) is 12.5. The van der Waals surface area contributed by atoms with Crippen LogP contribution in [0.4, 0.5) is 0 Å². The number of ether oxygens (including phenoxy) is 1. The lowest BCUT2D eigenvalue weighted by atomic mass is 9.80. The summed E-state index contributed by atoms with van der Waals surface area (Å²) >= 11 is 0. The Balaban J connectivity index is 2.11. The maximum absolute atomic E-state index is 6.14. The Bertz CT molecular complexity index is 247. The van der Waals surface area contributed by atoms with Gasteiger partial charge in [0.25, 0.3) is 0 Å². The zero-order valence-corrected chi connectivity index (χ0v) is 11.6. The summed E-state index contributed by atoms with van der Waals surface area (Å²) in [6.45, 7) is 9.96. The molecule has 17 heavy (non-hydrogen) atoms. The van der Waals surface area contributed by atoms with Gasteiger partial charge < -0.3 is 10.5 Å². The van der Waals surface area contributed by atoms with E-state index >= 15 is 0 Å². The van der Waals surface area contributed by atoms with Crippen molar-refractivity contribution in [2.45, 2.75) is 64.2 Å². The van der Waals surface area contributed by atoms with Gasteiger partial charge in [0.1, 0.15) is 0 Å². The molecule has 2 saturated heterocycles. The summed E-state index contributed by atoms with van der Waals surface area (Å²) in [7, 11) is 0. The quantitative estimate of drug-likeness (QED) is 0.802. The summed E-state index contributed by atoms with van der Waals surface area (Å²) in [6.07, 6.45) is 5.59. The smallest absolute Gasteiger partial charge is 0.0568 e. The van der Waals surface area contributed by atoms with Gasteiger partial charge >= 0.3 is 0 Å². The zero-order valence-electron chi connectivity index (χ0n) is 11.6. The van der Waals surface area contributed by atoms with E-state index in [9.17, 15) is 0 Å². The van der Waals surface area contributed by atoms with E-state index < -0.39 is 0 Å². The number of rotatable bonds is 2. The van der Waals surface area contributed by atoms with Gasteiger partial charge in [0, 0.05) is 18.6 Å². The molecule has 2 aliphatic heterocycles. The molecule has 100 valence electrons. The molecule has 3 atom stereocenters. The molecule has 3 nitrogen and oxygen atoms in total. The summed E-state index contributed by atoms with van der Waals surface area (Å²) in [6, 6.07) is 0. The van der Waals surface area contributed by atoms with E-state index in [4.69, 9.17) is 10.5 Å². The van der Waals surface area contributed by atoms with Crippen LogP contribution < -0.4 is 5.73 Å². The molecular formula is C14H28N2O. The van der Waals surface area contributed by atoms with Gasteiger partial charge in [-0.25, -0.2) is 0 Å². The molecule has 2 fully saturated rings. The highest BCUT2D eigenvalue weighted by molar-refractivity contribution is 4.99. The number of piperidine rings is 1. The lowest BCUT2D eigenvalue weighted by Crippen LogP contribution is -2.61. The van der Waals surface area contributed by atoms with Crippen LogP contribution in [0.25, 0.3) is 0 Å². The predicted octanol–water partition coefficient (Wildman–Crippen LogP) is 2.00. The molecule has 0 aliphatic carbocycles. The minimum atomic E-state index is 0.200. The van der Waals surface area contributed by atoms with Gasteiger partial charge in [-0.1, -0.05) is 6.92 Å². The molecule has 0 aromatic heterocycles. The second-order valence-corrected chi connectivity index (χ2v) is 6.29. The van der Waals surface area contributed by atoms with E-state index in [-0.39, 0.29) is 5.54 Å². The van der Waals surface area contributed by atoms with Gasteiger partial charge in [-0.2, -0.15) is 0 Å². The van der Waals surface area contributed by atoms with Crippen LogP contribution in [-0.2, 0) is 4.74 Å². The Morgan fingerprint density at radius 1 is 1.24 bits per heavy atom. The normalized spacial score (nSPS) is 44.8. The maximum atomic E-state index is 6.14. The van der Waals surface area contributed by atoms with E-state index in [0.717, 1.165) is 25.3 Å². The van der Waals surface area contributed by atoms with E-state index in [2.05, 4.69) is 25.7 Å². The third-order valence-electron chi connectivity index (χ3n) is 4.51. The molecule has 3 heteroatoms. The molecule has 0 spiro atoms. The number of hydrogen-bond acceptors (Lipinski definition) is 3. The first-order chi connectivity index (χ1) is 8.05. The van der Waals surface area contributed by atoms with Crippen molar-refractivity contribution in [2.75, 3.05) is 19.6 Å². The lowest BCUT2D eigenvalue weighted by molar-refractivity contribution is -0.110. The van der Waals surface area contributed by atoms with Crippen molar-refractivity contribution < 1.29 is 4.74 Å². The Morgan fingerprint density at radius 3 is 2.41 bits per heavy atom. The second kappa shape index (κ2) is 5.25. The van der Waals surface area contributed by atoms with Crippen LogP contribution in [0, 0.1) is 5.92 Å². The fourth-order valence-corrected chi connectivity index (χ4v) is 3.82. The van der Waals surface area contributed by atoms with Crippen molar-refractivity contribution in [1.82, 2.24) is 4.90 Å². The topological polar surface area (TPSA) is 38.5 Å². The van der Waals surface area contributed by atoms with Gasteiger partial charge in [0.2, 0.25) is 0 Å². The van der Waals surface area contributed by atoms with Crippen LogP contribution in [0.5, 0.6) is 0 Å². The number of hydrogen-bond donors (Lipinski definition) is 1. The monoisotopic (exact) mass is 240 g/mol. The summed E-state index contributed by atoms with van der Waals surface area (Å²) < 4.78 is 5.88. The van der Waals surface area contributed by atoms with Crippen molar-refractivity contribution in [3.63, 3.8) is 0 Å². The maximum Gasteiger partial charge on any atom is 0.0568 e. The molecular weight excluding hydrogens is 212 g/mol. The molecule has 0 aromatic carbocycles. The number of likely N-dealkylation sites (tertiary alicyclic amines) is 1. The van der Waals surface area contributed by atoms with Gasteiger partial charge in [0.05, 0.1) is 12.2 Å². The van der Waals surface area contributed by atoms with Gasteiger partial charge in [-0.3, -0.25) is 4.90 Å². The first-order valence-electron chi connectivity index (χ1n) is 7.16. The lowest BCUT2D eigenvalue weighted by Gasteiger charge is -2.51. The molecule has 0 bridgehead atoms. The van der Waals surface area contributed by atoms with Crippen molar-refractivity contribution >= 4 is 0 Å². The molecule has 2 rings (SSSR count). The Morgan fingerprint density at radius 2 is 1.88 bits per heavy atom. The fourth-order valence-electron chi connectivity index (χ4n) is 3.82. The number of nitrogens with two attached hydrogens (primary N) is 1. The van der Waals surface area contributed by atoms with E-state index in [0.29, 0.717) is 12.2 Å². The van der Waals surface area contributed by atoms with E-state index in [1.165, 1.54) is 25.9 Å². The average molecular weight is 240 g/mol. The summed E-state index contributed by atoms with van der Waals surface area (Å²) in [5.74, 6) is 0.820. The molecule has 0 saturated carbocycles. The second-order valence-electron chi connectivity index (χ2n) is 6.29. The Hall–Kier alpha value is -0.120. The standard InChI is InChI=1S/C14H28N2O/c1-11-5-4-6-16(9-11)14(10-15)7-12(2)17-13(3)8-14/h11-13H,4-10,15H2,1-3H3. The molecule has 2 heterocycles. The highest BCUT2D eigenvalue weighted by Gasteiger charge is 2.43. The molecule has 3 unspecified atom stereocenters. The predicted molar refractivity (Wildman–Crippen MR) is 71.0 cm³/mol. The fraction of sp³-hybridized carbons (Fsp3) is 1.00. The molecule has 0 radical (unpaired) electrons. The molecule has 2 N–H and O–H groups in total. The SMILES string of the molecule is CC1CCCN(C2(CN)CC(C)OC(C)C2)C1. The van der Waals surface area contributed by atoms with Crippen LogP contribution in [0.3, 0.4) is 0 Å². The minimum Gasteiger partial charge on any atom is -0.375 e. The Labute approximate surface area is 106 Å². The van der Waals surface area contributed by atoms with Crippen molar-refractivity contribution in [3.05, 3.63) is 0 Å². The average Bonchev–Trinajstić information content (AvgIpc) is 2.27. The third-order valence-corrected chi connectivity index (χ3v) is 4.51. The highest BCUT2D eigenvalue weighted by Crippen LogP contribution is 2.35. The summed E-state index contributed by atoms with van der Waals surface area (Å²) in [4.78, 5) is 2.66. The van der Waals surface area contributed by atoms with Crippen molar-refractivity contribution in [1.29, 1.82) is 0 Å². The molecule has 0 aromatic rings. The van der Waals surface area contributed by atoms with Crippen LogP contribution in [0.1, 0.15) is 46.5 Å². The highest BCUT2D eigenvalue weighted by atomic mass is 16.5. The van der Waals surface area contributed by atoms with Crippen LogP contribution in [0.2, 0.25) is 0 Å². The minimum absolute atomic E-state index is 0.200. The Kier molecular flexibility index (Phi) is 4.11. The summed E-state index contributed by atoms with van der Waals surface area (Å²) in [5, 5.41) is 0. The van der Waals surface area contributed by atoms with Gasteiger partial charge in [0.15, 0.2) is 0 Å². The first-order valence-corrected chi connectivity index (χ1v) is 7.16. The first kappa shape index (κ1) is 13.3. The van der Waals surface area contributed by atoms with Crippen molar-refractivity contribution in [3.8, 4) is 0 Å². The largest absolute Gasteiger partial charge is 0.375 e. The van der Waals surface area contributed by atoms with Gasteiger partial charge in [-0.15, -0.1) is 0 Å². The van der Waals surface area contributed by atoms with Crippen molar-refractivity contribution in [2.24, 2.45) is 11.7 Å². The molecule has 0 amide bonds. The summed E-state index contributed by atoms with van der Waals surface area (Å²) in [5.41, 5.74) is 6.34. The van der Waals surface area contributed by atoms with Gasteiger partial charge in [-0.05, 0) is 52.0 Å². The molecule has 2 aliphatic rings. The third kappa shape index (κ3) is 2.83. The van der Waals surface area contributed by atoms with E-state index in [1.54, 1.807) is 0 Å². The number of nitrogens with zero attached hydrogens (tertiary/aromatic N) is 1. The van der Waals surface area contributed by atoms with Crippen LogP contribution in [0.15, 0.2) is 0 Å². The van der Waals surface area contributed by atoms with Crippen LogP contribution in [-0.4, -0.2) is 42.3 Å². The van der Waals surface area contributed by atoms with E-state index in [1.807, 2.05) is 0 Å². The van der Waals surface area contributed by atoms with Crippen LogP contribution >= 0.6 is 0 Å².